The average molecular weight is 262 g/mol. The Hall–Kier alpha value is -1.88. The minimum Gasteiger partial charge on any atom is -0.480 e. The van der Waals surface area contributed by atoms with Crippen LogP contribution in [-0.2, 0) is 4.79 Å². The summed E-state index contributed by atoms with van der Waals surface area (Å²) in [4.78, 5) is 25.2. The molecule has 1 saturated heterocycles. The smallest absolute Gasteiger partial charge is 0.328 e. The van der Waals surface area contributed by atoms with Crippen LogP contribution in [0.15, 0.2) is 24.3 Å². The van der Waals surface area contributed by atoms with E-state index in [0.717, 1.165) is 5.56 Å². The third-order valence-electron chi connectivity index (χ3n) is 3.41. The van der Waals surface area contributed by atoms with Gasteiger partial charge in [0.05, 0.1) is 0 Å². The summed E-state index contributed by atoms with van der Waals surface area (Å²) in [5.41, 5.74) is 1.53. The van der Waals surface area contributed by atoms with Gasteiger partial charge in [-0.15, -0.1) is 0 Å². The minimum absolute atomic E-state index is 0.218. The fourth-order valence-corrected chi connectivity index (χ4v) is 2.45. The van der Waals surface area contributed by atoms with Gasteiger partial charge in [0.15, 0.2) is 0 Å². The summed E-state index contributed by atoms with van der Waals surface area (Å²) < 4.78 is 0. The molecule has 0 aliphatic carbocycles. The number of carbonyl (C=O) groups excluding carboxylic acids is 1. The van der Waals surface area contributed by atoms with Crippen LogP contribution in [0.3, 0.4) is 0 Å². The number of amides is 1. The highest BCUT2D eigenvalue weighted by molar-refractivity contribution is 5.97. The largest absolute Gasteiger partial charge is 0.480 e. The second-order valence-electron chi connectivity index (χ2n) is 4.89. The molecule has 2 N–H and O–H groups in total. The normalized spacial score (nSPS) is 23.2. The molecule has 1 aliphatic heterocycles. The van der Waals surface area contributed by atoms with E-state index in [1.807, 2.05) is 19.1 Å². The molecule has 0 radical (unpaired) electrons. The number of carboxylic acids is 1. The zero-order valence-corrected chi connectivity index (χ0v) is 11.1. The molecule has 2 rings (SSSR count). The lowest BCUT2D eigenvalue weighted by atomic mass is 10.0. The van der Waals surface area contributed by atoms with Gasteiger partial charge in [0.1, 0.15) is 6.04 Å². The topological polar surface area (TPSA) is 69.6 Å². The van der Waals surface area contributed by atoms with E-state index in [1.165, 1.54) is 4.90 Å². The summed E-state index contributed by atoms with van der Waals surface area (Å²) in [6, 6.07) is 6.16. The molecular formula is C14H18N2O3. The summed E-state index contributed by atoms with van der Waals surface area (Å²) in [6.45, 7) is 4.72. The number of hydrogen-bond acceptors (Lipinski definition) is 3. The number of piperazine rings is 1. The van der Waals surface area contributed by atoms with Crippen LogP contribution in [0, 0.1) is 6.92 Å². The molecule has 1 aromatic carbocycles. The second kappa shape index (κ2) is 5.40. The molecule has 1 heterocycles. The Balaban J connectivity index is 2.28. The molecule has 5 heteroatoms. The van der Waals surface area contributed by atoms with E-state index >= 15 is 0 Å². The Morgan fingerprint density at radius 1 is 1.42 bits per heavy atom. The Morgan fingerprint density at radius 3 is 2.79 bits per heavy atom. The first kappa shape index (κ1) is 13.5. The summed E-state index contributed by atoms with van der Waals surface area (Å²) in [5, 5.41) is 12.4. The van der Waals surface area contributed by atoms with Crippen molar-refractivity contribution in [2.45, 2.75) is 25.9 Å². The summed E-state index contributed by atoms with van der Waals surface area (Å²) >= 11 is 0. The maximum Gasteiger partial charge on any atom is 0.328 e. The lowest BCUT2D eigenvalue weighted by Crippen LogP contribution is -2.61. The van der Waals surface area contributed by atoms with Crippen LogP contribution in [0.25, 0.3) is 0 Å². The van der Waals surface area contributed by atoms with Gasteiger partial charge in [-0.1, -0.05) is 17.7 Å². The van der Waals surface area contributed by atoms with Gasteiger partial charge in [0.25, 0.3) is 5.91 Å². The molecule has 0 bridgehead atoms. The maximum atomic E-state index is 12.4. The van der Waals surface area contributed by atoms with Crippen LogP contribution in [0.1, 0.15) is 22.8 Å². The van der Waals surface area contributed by atoms with E-state index in [1.54, 1.807) is 19.1 Å². The van der Waals surface area contributed by atoms with Gasteiger partial charge in [-0.3, -0.25) is 4.79 Å². The van der Waals surface area contributed by atoms with Gasteiger partial charge in [-0.25, -0.2) is 4.79 Å². The molecule has 1 amide bonds. The first-order valence-corrected chi connectivity index (χ1v) is 6.34. The summed E-state index contributed by atoms with van der Waals surface area (Å²) in [6.07, 6.45) is 0. The summed E-state index contributed by atoms with van der Waals surface area (Å²) in [7, 11) is 0. The number of nitrogens with zero attached hydrogens (tertiary/aromatic N) is 1. The zero-order chi connectivity index (χ0) is 14.0. The lowest BCUT2D eigenvalue weighted by molar-refractivity contribution is -0.144. The van der Waals surface area contributed by atoms with Crippen molar-refractivity contribution in [1.82, 2.24) is 10.2 Å². The average Bonchev–Trinajstić information content (AvgIpc) is 2.37. The van der Waals surface area contributed by atoms with Gasteiger partial charge in [0, 0.05) is 24.7 Å². The standard InChI is InChI=1S/C14H18N2O3/c1-9-4-3-5-11(8-9)13(17)16-7-6-15-10(2)12(16)14(18)19/h3-5,8,10,12,15H,6-7H2,1-2H3,(H,18,19). The maximum absolute atomic E-state index is 12.4. The van der Waals surface area contributed by atoms with Crippen molar-refractivity contribution < 1.29 is 14.7 Å². The lowest BCUT2D eigenvalue weighted by Gasteiger charge is -2.38. The Labute approximate surface area is 112 Å². The number of aliphatic carboxylic acids is 1. The molecule has 2 atom stereocenters. The van der Waals surface area contributed by atoms with E-state index < -0.39 is 12.0 Å². The molecule has 0 aromatic heterocycles. The van der Waals surface area contributed by atoms with E-state index in [4.69, 9.17) is 0 Å². The SMILES string of the molecule is Cc1cccc(C(=O)N2CCNC(C)C2C(=O)O)c1. The second-order valence-corrected chi connectivity index (χ2v) is 4.89. The predicted molar refractivity (Wildman–Crippen MR) is 71.1 cm³/mol. The molecule has 0 spiro atoms. The zero-order valence-electron chi connectivity index (χ0n) is 11.1. The number of carbonyl (C=O) groups is 2. The summed E-state index contributed by atoms with van der Waals surface area (Å²) in [5.74, 6) is -1.19. The van der Waals surface area contributed by atoms with E-state index in [2.05, 4.69) is 5.32 Å². The van der Waals surface area contributed by atoms with Crippen LogP contribution >= 0.6 is 0 Å². The highest BCUT2D eigenvalue weighted by Gasteiger charge is 2.37. The van der Waals surface area contributed by atoms with Crippen molar-refractivity contribution >= 4 is 11.9 Å². The number of hydrogen-bond donors (Lipinski definition) is 2. The number of benzene rings is 1. The highest BCUT2D eigenvalue weighted by Crippen LogP contribution is 2.15. The van der Waals surface area contributed by atoms with Crippen LogP contribution in [0.4, 0.5) is 0 Å². The van der Waals surface area contributed by atoms with Crippen molar-refractivity contribution in [2.24, 2.45) is 0 Å². The van der Waals surface area contributed by atoms with E-state index in [9.17, 15) is 14.7 Å². The molecular weight excluding hydrogens is 244 g/mol. The van der Waals surface area contributed by atoms with Crippen molar-refractivity contribution in [3.8, 4) is 0 Å². The van der Waals surface area contributed by atoms with Crippen LogP contribution in [0.2, 0.25) is 0 Å². The minimum atomic E-state index is -0.972. The Morgan fingerprint density at radius 2 is 2.16 bits per heavy atom. The molecule has 2 unspecified atom stereocenters. The molecule has 1 aliphatic rings. The van der Waals surface area contributed by atoms with Gasteiger partial charge >= 0.3 is 5.97 Å². The monoisotopic (exact) mass is 262 g/mol. The predicted octanol–water partition coefficient (Wildman–Crippen LogP) is 0.882. The van der Waals surface area contributed by atoms with Crippen molar-refractivity contribution in [1.29, 1.82) is 0 Å². The van der Waals surface area contributed by atoms with Crippen LogP contribution in [0.5, 0.6) is 0 Å². The van der Waals surface area contributed by atoms with Gasteiger partial charge < -0.3 is 15.3 Å². The number of aryl methyl sites for hydroxylation is 1. The molecule has 1 aromatic rings. The molecule has 5 nitrogen and oxygen atoms in total. The first-order valence-electron chi connectivity index (χ1n) is 6.34. The van der Waals surface area contributed by atoms with E-state index in [0.29, 0.717) is 18.7 Å². The fourth-order valence-electron chi connectivity index (χ4n) is 2.45. The number of carboxylic acid groups (broad SMARTS) is 1. The van der Waals surface area contributed by atoms with Gasteiger partial charge in [-0.05, 0) is 26.0 Å². The highest BCUT2D eigenvalue weighted by atomic mass is 16.4. The molecule has 0 saturated carbocycles. The Kier molecular flexibility index (Phi) is 3.85. The fraction of sp³-hybridized carbons (Fsp3) is 0.429. The Bertz CT molecular complexity index is 501. The van der Waals surface area contributed by atoms with Gasteiger partial charge in [0.2, 0.25) is 0 Å². The number of rotatable bonds is 2. The quantitative estimate of drug-likeness (QED) is 0.830. The van der Waals surface area contributed by atoms with Crippen molar-refractivity contribution in [3.05, 3.63) is 35.4 Å². The first-order chi connectivity index (χ1) is 9.00. The van der Waals surface area contributed by atoms with Crippen LogP contribution in [-0.4, -0.2) is 47.1 Å². The van der Waals surface area contributed by atoms with Gasteiger partial charge in [-0.2, -0.15) is 0 Å². The van der Waals surface area contributed by atoms with Crippen molar-refractivity contribution in [2.75, 3.05) is 13.1 Å². The third kappa shape index (κ3) is 2.76. The van der Waals surface area contributed by atoms with Crippen molar-refractivity contribution in [3.63, 3.8) is 0 Å². The third-order valence-corrected chi connectivity index (χ3v) is 3.41. The molecule has 19 heavy (non-hydrogen) atoms. The number of nitrogens with one attached hydrogen (secondary N) is 1. The molecule has 1 fully saturated rings. The molecule has 102 valence electrons. The van der Waals surface area contributed by atoms with Crippen LogP contribution < -0.4 is 5.32 Å². The van der Waals surface area contributed by atoms with E-state index in [-0.39, 0.29) is 11.9 Å².